The number of hydrogen-bond acceptors (Lipinski definition) is 3. The number of carbonyl (C=O) groups excluding carboxylic acids is 2. The van der Waals surface area contributed by atoms with Crippen molar-refractivity contribution in [2.75, 3.05) is 11.4 Å². The van der Waals surface area contributed by atoms with Crippen LogP contribution < -0.4 is 16.0 Å². The number of nitrogens with zero attached hydrogens (tertiary/aromatic N) is 1. The van der Waals surface area contributed by atoms with Gasteiger partial charge in [0.2, 0.25) is 11.8 Å². The van der Waals surface area contributed by atoms with Gasteiger partial charge in [-0.3, -0.25) is 9.59 Å². The van der Waals surface area contributed by atoms with Gasteiger partial charge in [0.25, 0.3) is 0 Å². The highest BCUT2D eigenvalue weighted by Gasteiger charge is 2.38. The second kappa shape index (κ2) is 6.69. The fraction of sp³-hybridized carbons (Fsp3) is 0.300. The van der Waals surface area contributed by atoms with E-state index in [9.17, 15) is 9.59 Å². The molecule has 5 nitrogen and oxygen atoms in total. The summed E-state index contributed by atoms with van der Waals surface area (Å²) in [6, 6.07) is 16.4. The van der Waals surface area contributed by atoms with Gasteiger partial charge in [-0.05, 0) is 38.0 Å². The molecule has 2 aromatic rings. The minimum atomic E-state index is -1.18. The van der Waals surface area contributed by atoms with E-state index in [0.29, 0.717) is 18.5 Å². The molecule has 3 rings (SSSR count). The first-order valence-corrected chi connectivity index (χ1v) is 8.43. The van der Waals surface area contributed by atoms with Crippen molar-refractivity contribution in [3.8, 4) is 0 Å². The highest BCUT2D eigenvalue weighted by atomic mass is 16.2. The topological polar surface area (TPSA) is 75.4 Å². The SMILES string of the molecule is Cc1ccc(N2CCC(NC(=O)C(C)(N)c3ccccc3)C2=O)cc1. The van der Waals surface area contributed by atoms with Crippen LogP contribution in [-0.2, 0) is 15.1 Å². The van der Waals surface area contributed by atoms with E-state index in [4.69, 9.17) is 5.73 Å². The molecule has 2 unspecified atom stereocenters. The summed E-state index contributed by atoms with van der Waals surface area (Å²) in [7, 11) is 0. The summed E-state index contributed by atoms with van der Waals surface area (Å²) < 4.78 is 0. The fourth-order valence-corrected chi connectivity index (χ4v) is 3.02. The van der Waals surface area contributed by atoms with Gasteiger partial charge in [-0.25, -0.2) is 0 Å². The van der Waals surface area contributed by atoms with Crippen LogP contribution >= 0.6 is 0 Å². The van der Waals surface area contributed by atoms with Crippen molar-refractivity contribution < 1.29 is 9.59 Å². The standard InChI is InChI=1S/C20H23N3O2/c1-14-8-10-16(11-9-14)23-13-12-17(18(23)24)22-19(25)20(2,21)15-6-4-3-5-7-15/h3-11,17H,12-13,21H2,1-2H3,(H,22,25). The van der Waals surface area contributed by atoms with Gasteiger partial charge in [-0.15, -0.1) is 0 Å². The maximum Gasteiger partial charge on any atom is 0.249 e. The zero-order chi connectivity index (χ0) is 18.0. The first-order chi connectivity index (χ1) is 11.9. The van der Waals surface area contributed by atoms with Crippen LogP contribution in [0.2, 0.25) is 0 Å². The zero-order valence-electron chi connectivity index (χ0n) is 14.5. The number of hydrogen-bond donors (Lipinski definition) is 2. The molecule has 0 aliphatic carbocycles. The van der Waals surface area contributed by atoms with Crippen LogP contribution in [0.5, 0.6) is 0 Å². The molecule has 2 atom stereocenters. The third kappa shape index (κ3) is 3.42. The number of anilines is 1. The van der Waals surface area contributed by atoms with Gasteiger partial charge >= 0.3 is 0 Å². The van der Waals surface area contributed by atoms with Gasteiger partial charge in [0, 0.05) is 12.2 Å². The van der Waals surface area contributed by atoms with Crippen molar-refractivity contribution in [3.05, 3.63) is 65.7 Å². The van der Waals surface area contributed by atoms with Gasteiger partial charge in [0.05, 0.1) is 0 Å². The van der Waals surface area contributed by atoms with Gasteiger partial charge in [0.1, 0.15) is 11.6 Å². The van der Waals surface area contributed by atoms with Crippen molar-refractivity contribution in [2.45, 2.75) is 31.8 Å². The Morgan fingerprint density at radius 3 is 2.44 bits per heavy atom. The predicted octanol–water partition coefficient (Wildman–Crippen LogP) is 2.09. The number of benzene rings is 2. The van der Waals surface area contributed by atoms with Crippen molar-refractivity contribution in [3.63, 3.8) is 0 Å². The minimum absolute atomic E-state index is 0.0962. The lowest BCUT2D eigenvalue weighted by Gasteiger charge is -2.26. The molecule has 1 aliphatic heterocycles. The Labute approximate surface area is 147 Å². The molecule has 2 aromatic carbocycles. The molecule has 25 heavy (non-hydrogen) atoms. The molecule has 2 amide bonds. The number of amides is 2. The molecule has 5 heteroatoms. The van der Waals surface area contributed by atoms with Gasteiger partial charge in [-0.2, -0.15) is 0 Å². The Morgan fingerprint density at radius 2 is 1.80 bits per heavy atom. The largest absolute Gasteiger partial charge is 0.342 e. The minimum Gasteiger partial charge on any atom is -0.342 e. The summed E-state index contributed by atoms with van der Waals surface area (Å²) in [5.74, 6) is -0.441. The van der Waals surface area contributed by atoms with Crippen molar-refractivity contribution in [1.29, 1.82) is 0 Å². The van der Waals surface area contributed by atoms with E-state index in [0.717, 1.165) is 11.3 Å². The number of nitrogens with one attached hydrogen (secondary N) is 1. The highest BCUT2D eigenvalue weighted by Crippen LogP contribution is 2.23. The van der Waals surface area contributed by atoms with E-state index < -0.39 is 11.6 Å². The summed E-state index contributed by atoms with van der Waals surface area (Å²) >= 11 is 0. The lowest BCUT2D eigenvalue weighted by atomic mass is 9.92. The molecule has 130 valence electrons. The molecular formula is C20H23N3O2. The molecule has 1 heterocycles. The molecule has 0 saturated carbocycles. The van der Waals surface area contributed by atoms with Crippen LogP contribution in [0.15, 0.2) is 54.6 Å². The third-order valence-corrected chi connectivity index (χ3v) is 4.70. The first-order valence-electron chi connectivity index (χ1n) is 8.43. The highest BCUT2D eigenvalue weighted by molar-refractivity contribution is 6.02. The molecule has 0 radical (unpaired) electrons. The summed E-state index contributed by atoms with van der Waals surface area (Å²) in [6.07, 6.45) is 0.573. The predicted molar refractivity (Wildman–Crippen MR) is 98.1 cm³/mol. The second-order valence-electron chi connectivity index (χ2n) is 6.71. The molecule has 3 N–H and O–H groups in total. The number of nitrogens with two attached hydrogens (primary N) is 1. The second-order valence-corrected chi connectivity index (χ2v) is 6.71. The Balaban J connectivity index is 1.70. The van der Waals surface area contributed by atoms with Crippen LogP contribution in [0.1, 0.15) is 24.5 Å². The Kier molecular flexibility index (Phi) is 4.59. The molecule has 1 saturated heterocycles. The molecule has 0 spiro atoms. The maximum atomic E-state index is 12.7. The molecule has 0 bridgehead atoms. The molecule has 1 fully saturated rings. The summed E-state index contributed by atoms with van der Waals surface area (Å²) in [5, 5.41) is 2.82. The average molecular weight is 337 g/mol. The van der Waals surface area contributed by atoms with Crippen LogP contribution in [0.4, 0.5) is 5.69 Å². The number of rotatable bonds is 4. The lowest BCUT2D eigenvalue weighted by molar-refractivity contribution is -0.130. The van der Waals surface area contributed by atoms with Gasteiger partial charge < -0.3 is 16.0 Å². The van der Waals surface area contributed by atoms with E-state index >= 15 is 0 Å². The van der Waals surface area contributed by atoms with E-state index in [1.807, 2.05) is 61.5 Å². The van der Waals surface area contributed by atoms with E-state index in [-0.39, 0.29) is 11.8 Å². The normalized spacial score (nSPS) is 19.6. The molecule has 1 aliphatic rings. The smallest absolute Gasteiger partial charge is 0.249 e. The third-order valence-electron chi connectivity index (χ3n) is 4.70. The maximum absolute atomic E-state index is 12.7. The van der Waals surface area contributed by atoms with Crippen LogP contribution in [-0.4, -0.2) is 24.4 Å². The molecular weight excluding hydrogens is 314 g/mol. The van der Waals surface area contributed by atoms with Crippen LogP contribution in [0, 0.1) is 6.92 Å². The summed E-state index contributed by atoms with van der Waals surface area (Å²) in [5.41, 5.74) is 7.76. The first kappa shape index (κ1) is 17.2. The molecule has 0 aromatic heterocycles. The van der Waals surface area contributed by atoms with E-state index in [2.05, 4.69) is 5.32 Å². The lowest BCUT2D eigenvalue weighted by Crippen LogP contribution is -2.53. The zero-order valence-corrected chi connectivity index (χ0v) is 14.5. The fourth-order valence-electron chi connectivity index (χ4n) is 3.02. The van der Waals surface area contributed by atoms with E-state index in [1.54, 1.807) is 11.8 Å². The van der Waals surface area contributed by atoms with Crippen molar-refractivity contribution in [2.24, 2.45) is 5.73 Å². The Morgan fingerprint density at radius 1 is 1.16 bits per heavy atom. The number of aryl methyl sites for hydroxylation is 1. The Bertz CT molecular complexity index is 769. The van der Waals surface area contributed by atoms with Crippen molar-refractivity contribution >= 4 is 17.5 Å². The average Bonchev–Trinajstić information content (AvgIpc) is 2.97. The van der Waals surface area contributed by atoms with Crippen LogP contribution in [0.25, 0.3) is 0 Å². The van der Waals surface area contributed by atoms with E-state index in [1.165, 1.54) is 0 Å². The van der Waals surface area contributed by atoms with Crippen molar-refractivity contribution in [1.82, 2.24) is 5.32 Å². The monoisotopic (exact) mass is 337 g/mol. The van der Waals surface area contributed by atoms with Crippen LogP contribution in [0.3, 0.4) is 0 Å². The number of carbonyl (C=O) groups is 2. The quantitative estimate of drug-likeness (QED) is 0.897. The summed E-state index contributed by atoms with van der Waals surface area (Å²) in [6.45, 7) is 4.25. The van der Waals surface area contributed by atoms with Gasteiger partial charge in [0.15, 0.2) is 0 Å². The van der Waals surface area contributed by atoms with Gasteiger partial charge in [-0.1, -0.05) is 48.0 Å². The summed E-state index contributed by atoms with van der Waals surface area (Å²) in [4.78, 5) is 27.0. The Hall–Kier alpha value is -2.66.